The summed E-state index contributed by atoms with van der Waals surface area (Å²) in [5.41, 5.74) is 7.73. The van der Waals surface area contributed by atoms with Crippen LogP contribution in [0.2, 0.25) is 0 Å². The predicted molar refractivity (Wildman–Crippen MR) is 103 cm³/mol. The second kappa shape index (κ2) is 8.51. The van der Waals surface area contributed by atoms with Gasteiger partial charge < -0.3 is 21.1 Å². The molecular weight excluding hydrogens is 330 g/mol. The Morgan fingerprint density at radius 1 is 1.12 bits per heavy atom. The minimum Gasteiger partial charge on any atom is -0.465 e. The summed E-state index contributed by atoms with van der Waals surface area (Å²) in [4.78, 5) is 20.5. The highest BCUT2D eigenvalue weighted by Gasteiger charge is 2.17. The zero-order valence-electron chi connectivity index (χ0n) is 15.0. The standard InChI is InChI=1S/C19H25N5O2/c1-26-19(25)14-10-6-7-11-15(14)24-18-16(20)17(21-12-22-18)23-13-8-4-2-3-5-9-13/h6-7,10-13H,2-5,8-9,20H2,1H3,(H2,21,22,23,24). The van der Waals surface area contributed by atoms with Gasteiger partial charge in [-0.25, -0.2) is 14.8 Å². The maximum absolute atomic E-state index is 11.9. The van der Waals surface area contributed by atoms with Crippen molar-refractivity contribution in [2.45, 2.75) is 44.6 Å². The zero-order valence-corrected chi connectivity index (χ0v) is 15.0. The van der Waals surface area contributed by atoms with E-state index in [-0.39, 0.29) is 0 Å². The summed E-state index contributed by atoms with van der Waals surface area (Å²) >= 11 is 0. The zero-order chi connectivity index (χ0) is 18.4. The molecule has 1 heterocycles. The number of carbonyl (C=O) groups excluding carboxylic acids is 1. The summed E-state index contributed by atoms with van der Waals surface area (Å²) in [5.74, 6) is 0.676. The summed E-state index contributed by atoms with van der Waals surface area (Å²) in [6.45, 7) is 0. The van der Waals surface area contributed by atoms with Crippen LogP contribution in [0.25, 0.3) is 0 Å². The Morgan fingerprint density at radius 2 is 1.81 bits per heavy atom. The molecule has 1 fully saturated rings. The number of hydrogen-bond donors (Lipinski definition) is 3. The maximum Gasteiger partial charge on any atom is 0.339 e. The Labute approximate surface area is 153 Å². The smallest absolute Gasteiger partial charge is 0.339 e. The third kappa shape index (κ3) is 4.22. The number of benzene rings is 1. The van der Waals surface area contributed by atoms with Crippen LogP contribution in [0.15, 0.2) is 30.6 Å². The maximum atomic E-state index is 11.9. The van der Waals surface area contributed by atoms with Gasteiger partial charge in [-0.3, -0.25) is 0 Å². The van der Waals surface area contributed by atoms with Crippen LogP contribution in [0.4, 0.5) is 23.0 Å². The fourth-order valence-electron chi connectivity index (χ4n) is 3.23. The molecule has 1 aliphatic rings. The minimum absolute atomic E-state index is 0.380. The van der Waals surface area contributed by atoms with Gasteiger partial charge in [-0.15, -0.1) is 0 Å². The first kappa shape index (κ1) is 18.0. The van der Waals surface area contributed by atoms with Crippen LogP contribution in [0.1, 0.15) is 48.9 Å². The highest BCUT2D eigenvalue weighted by Crippen LogP contribution is 2.29. The van der Waals surface area contributed by atoms with Crippen LogP contribution in [0.5, 0.6) is 0 Å². The molecule has 0 amide bonds. The van der Waals surface area contributed by atoms with E-state index in [4.69, 9.17) is 10.5 Å². The Balaban J connectivity index is 1.80. The summed E-state index contributed by atoms with van der Waals surface area (Å²) in [6, 6.07) is 7.46. The number of nitrogens with zero attached hydrogens (tertiary/aromatic N) is 2. The average molecular weight is 355 g/mol. The van der Waals surface area contributed by atoms with E-state index in [1.165, 1.54) is 39.1 Å². The van der Waals surface area contributed by atoms with E-state index in [9.17, 15) is 4.79 Å². The lowest BCUT2D eigenvalue weighted by molar-refractivity contribution is 0.0602. The van der Waals surface area contributed by atoms with Gasteiger partial charge in [0.15, 0.2) is 11.6 Å². The fourth-order valence-corrected chi connectivity index (χ4v) is 3.23. The van der Waals surface area contributed by atoms with Crippen LogP contribution < -0.4 is 16.4 Å². The quantitative estimate of drug-likeness (QED) is 0.555. The highest BCUT2D eigenvalue weighted by molar-refractivity contribution is 5.97. The monoisotopic (exact) mass is 355 g/mol. The number of anilines is 4. The minimum atomic E-state index is -0.419. The third-order valence-corrected chi connectivity index (χ3v) is 4.67. The molecule has 7 heteroatoms. The van der Waals surface area contributed by atoms with Crippen LogP contribution in [-0.2, 0) is 4.74 Å². The van der Waals surface area contributed by atoms with Crippen molar-refractivity contribution in [2.75, 3.05) is 23.5 Å². The van der Waals surface area contributed by atoms with Crippen molar-refractivity contribution < 1.29 is 9.53 Å². The molecule has 138 valence electrons. The largest absolute Gasteiger partial charge is 0.465 e. The van der Waals surface area contributed by atoms with Crippen LogP contribution >= 0.6 is 0 Å². The molecule has 0 atom stereocenters. The number of esters is 1. The Bertz CT molecular complexity index is 757. The van der Waals surface area contributed by atoms with E-state index >= 15 is 0 Å². The van der Waals surface area contributed by atoms with Crippen molar-refractivity contribution in [3.8, 4) is 0 Å². The van der Waals surface area contributed by atoms with Crippen LogP contribution in [0, 0.1) is 0 Å². The third-order valence-electron chi connectivity index (χ3n) is 4.67. The van der Waals surface area contributed by atoms with Crippen molar-refractivity contribution in [2.24, 2.45) is 0 Å². The molecule has 1 aromatic carbocycles. The van der Waals surface area contributed by atoms with Crippen molar-refractivity contribution in [1.82, 2.24) is 9.97 Å². The summed E-state index contributed by atoms with van der Waals surface area (Å²) in [7, 11) is 1.35. The molecule has 2 aromatic rings. The number of nitrogens with two attached hydrogens (primary N) is 1. The molecule has 1 aromatic heterocycles. The van der Waals surface area contributed by atoms with Gasteiger partial charge in [-0.05, 0) is 25.0 Å². The SMILES string of the molecule is COC(=O)c1ccccc1Nc1ncnc(NC2CCCCCC2)c1N. The molecule has 1 saturated carbocycles. The van der Waals surface area contributed by atoms with Gasteiger partial charge in [0.05, 0.1) is 18.4 Å². The molecule has 0 saturated heterocycles. The summed E-state index contributed by atoms with van der Waals surface area (Å²) in [6.07, 6.45) is 8.73. The van der Waals surface area contributed by atoms with E-state index < -0.39 is 5.97 Å². The van der Waals surface area contributed by atoms with E-state index in [0.29, 0.717) is 34.6 Å². The molecule has 3 rings (SSSR count). The number of ether oxygens (including phenoxy) is 1. The van der Waals surface area contributed by atoms with Gasteiger partial charge in [0.25, 0.3) is 0 Å². The normalized spacial score (nSPS) is 15.1. The molecule has 0 bridgehead atoms. The lowest BCUT2D eigenvalue weighted by Crippen LogP contribution is -2.20. The number of hydrogen-bond acceptors (Lipinski definition) is 7. The first-order valence-corrected chi connectivity index (χ1v) is 9.00. The lowest BCUT2D eigenvalue weighted by Gasteiger charge is -2.19. The van der Waals surface area contributed by atoms with Crippen molar-refractivity contribution in [3.05, 3.63) is 36.2 Å². The number of carbonyl (C=O) groups is 1. The fraction of sp³-hybridized carbons (Fsp3) is 0.421. The second-order valence-corrected chi connectivity index (χ2v) is 6.48. The van der Waals surface area contributed by atoms with E-state index in [1.807, 2.05) is 6.07 Å². The average Bonchev–Trinajstić information content (AvgIpc) is 2.93. The second-order valence-electron chi connectivity index (χ2n) is 6.48. The van der Waals surface area contributed by atoms with Crippen LogP contribution in [0.3, 0.4) is 0 Å². The molecule has 0 unspecified atom stereocenters. The highest BCUT2D eigenvalue weighted by atomic mass is 16.5. The predicted octanol–water partition coefficient (Wildman–Crippen LogP) is 3.72. The molecule has 1 aliphatic carbocycles. The molecule has 7 nitrogen and oxygen atoms in total. The Morgan fingerprint density at radius 3 is 2.54 bits per heavy atom. The van der Waals surface area contributed by atoms with Crippen molar-refractivity contribution in [3.63, 3.8) is 0 Å². The van der Waals surface area contributed by atoms with E-state index in [0.717, 1.165) is 12.8 Å². The molecule has 26 heavy (non-hydrogen) atoms. The van der Waals surface area contributed by atoms with Gasteiger partial charge in [-0.1, -0.05) is 37.8 Å². The van der Waals surface area contributed by atoms with Crippen molar-refractivity contribution >= 4 is 29.0 Å². The number of rotatable bonds is 5. The van der Waals surface area contributed by atoms with Gasteiger partial charge in [0, 0.05) is 6.04 Å². The topological polar surface area (TPSA) is 102 Å². The van der Waals surface area contributed by atoms with Crippen LogP contribution in [-0.4, -0.2) is 29.1 Å². The molecular formula is C19H25N5O2. The Kier molecular flexibility index (Phi) is 5.88. The van der Waals surface area contributed by atoms with E-state index in [2.05, 4.69) is 20.6 Å². The number of methoxy groups -OCH3 is 1. The molecule has 0 spiro atoms. The summed E-state index contributed by atoms with van der Waals surface area (Å²) < 4.78 is 4.83. The lowest BCUT2D eigenvalue weighted by atomic mass is 10.1. The molecule has 0 radical (unpaired) electrons. The molecule has 0 aliphatic heterocycles. The number of nitrogens with one attached hydrogen (secondary N) is 2. The summed E-state index contributed by atoms with van der Waals surface area (Å²) in [5, 5.41) is 6.59. The number of aromatic nitrogens is 2. The van der Waals surface area contributed by atoms with Gasteiger partial charge in [-0.2, -0.15) is 0 Å². The van der Waals surface area contributed by atoms with Crippen molar-refractivity contribution in [1.29, 1.82) is 0 Å². The number of para-hydroxylation sites is 1. The van der Waals surface area contributed by atoms with Gasteiger partial charge >= 0.3 is 5.97 Å². The van der Waals surface area contributed by atoms with Gasteiger partial charge in [0.1, 0.15) is 12.0 Å². The number of nitrogen functional groups attached to an aromatic ring is 1. The van der Waals surface area contributed by atoms with E-state index in [1.54, 1.807) is 18.2 Å². The first-order chi connectivity index (χ1) is 12.7. The Hall–Kier alpha value is -2.83. The van der Waals surface area contributed by atoms with Gasteiger partial charge in [0.2, 0.25) is 0 Å². The first-order valence-electron chi connectivity index (χ1n) is 9.00. The molecule has 4 N–H and O–H groups in total.